The van der Waals surface area contributed by atoms with Crippen molar-refractivity contribution in [1.82, 2.24) is 4.90 Å². The molecule has 0 radical (unpaired) electrons. The first-order valence-electron chi connectivity index (χ1n) is 8.81. The molecule has 8 heteroatoms. The zero-order valence-corrected chi connectivity index (χ0v) is 15.5. The van der Waals surface area contributed by atoms with E-state index in [4.69, 9.17) is 4.74 Å². The molecule has 0 unspecified atom stereocenters. The summed E-state index contributed by atoms with van der Waals surface area (Å²) in [5.74, 6) is -3.29. The van der Waals surface area contributed by atoms with Gasteiger partial charge < -0.3 is 15.0 Å². The Balaban J connectivity index is 1.62. The number of nitrogens with zero attached hydrogens (tertiary/aromatic N) is 1. The van der Waals surface area contributed by atoms with Crippen molar-refractivity contribution in [2.75, 3.05) is 11.9 Å². The second-order valence-electron chi connectivity index (χ2n) is 6.42. The average molecular weight is 400 g/mol. The lowest BCUT2D eigenvalue weighted by molar-refractivity contribution is -0.149. The number of hydrogen-bond donors (Lipinski definition) is 1. The molecule has 1 N–H and O–H groups in total. The van der Waals surface area contributed by atoms with Gasteiger partial charge in [-0.15, -0.1) is 0 Å². The van der Waals surface area contributed by atoms with Crippen molar-refractivity contribution in [2.45, 2.75) is 19.4 Å². The lowest BCUT2D eigenvalue weighted by atomic mass is 9.94. The average Bonchev–Trinajstić information content (AvgIpc) is 2.69. The lowest BCUT2D eigenvalue weighted by Gasteiger charge is -2.32. The van der Waals surface area contributed by atoms with E-state index < -0.39 is 36.2 Å². The smallest absolute Gasteiger partial charge is 0.308 e. The summed E-state index contributed by atoms with van der Waals surface area (Å²) in [4.78, 5) is 37.5. The molecular formula is C21H18F2N2O4. The number of anilines is 1. The van der Waals surface area contributed by atoms with Crippen molar-refractivity contribution in [3.63, 3.8) is 0 Å². The summed E-state index contributed by atoms with van der Waals surface area (Å²) in [5, 5.41) is 2.15. The van der Waals surface area contributed by atoms with E-state index >= 15 is 0 Å². The highest BCUT2D eigenvalue weighted by molar-refractivity contribution is 5.93. The van der Waals surface area contributed by atoms with Crippen LogP contribution in [-0.2, 0) is 19.1 Å². The van der Waals surface area contributed by atoms with Gasteiger partial charge in [0.25, 0.3) is 5.91 Å². The second kappa shape index (κ2) is 8.64. The maximum Gasteiger partial charge on any atom is 0.308 e. The fourth-order valence-electron chi connectivity index (χ4n) is 3.06. The van der Waals surface area contributed by atoms with Crippen LogP contribution >= 0.6 is 0 Å². The summed E-state index contributed by atoms with van der Waals surface area (Å²) in [6.07, 6.45) is 3.21. The number of fused-ring (bicyclic) bond motifs is 1. The van der Waals surface area contributed by atoms with Crippen LogP contribution in [0, 0.1) is 11.6 Å². The molecular weight excluding hydrogens is 382 g/mol. The molecule has 1 heterocycles. The molecule has 2 aromatic rings. The summed E-state index contributed by atoms with van der Waals surface area (Å²) in [6, 6.07) is 9.38. The van der Waals surface area contributed by atoms with Crippen molar-refractivity contribution >= 4 is 29.5 Å². The fourth-order valence-corrected chi connectivity index (χ4v) is 3.06. The van der Waals surface area contributed by atoms with E-state index in [0.29, 0.717) is 0 Å². The molecule has 2 amide bonds. The van der Waals surface area contributed by atoms with Crippen LogP contribution in [0.15, 0.2) is 48.7 Å². The third-order valence-electron chi connectivity index (χ3n) is 4.40. The van der Waals surface area contributed by atoms with Crippen LogP contribution in [0.3, 0.4) is 0 Å². The van der Waals surface area contributed by atoms with E-state index in [1.807, 2.05) is 18.2 Å². The highest BCUT2D eigenvalue weighted by atomic mass is 19.1. The van der Waals surface area contributed by atoms with E-state index in [9.17, 15) is 23.2 Å². The Morgan fingerprint density at radius 3 is 2.66 bits per heavy atom. The Labute approximate surface area is 165 Å². The Kier molecular flexibility index (Phi) is 6.01. The Hall–Kier alpha value is -3.55. The van der Waals surface area contributed by atoms with Crippen molar-refractivity contribution in [3.05, 3.63) is 71.4 Å². The van der Waals surface area contributed by atoms with E-state index in [0.717, 1.165) is 29.3 Å². The van der Waals surface area contributed by atoms with Gasteiger partial charge in [0.05, 0.1) is 18.2 Å². The number of benzene rings is 2. The fraction of sp³-hybridized carbons (Fsp3) is 0.190. The van der Waals surface area contributed by atoms with Crippen molar-refractivity contribution in [3.8, 4) is 0 Å². The number of halogens is 2. The predicted molar refractivity (Wildman–Crippen MR) is 101 cm³/mol. The van der Waals surface area contributed by atoms with Crippen LogP contribution in [0.2, 0.25) is 0 Å². The molecule has 1 atom stereocenters. The van der Waals surface area contributed by atoms with Gasteiger partial charge in [0, 0.05) is 19.2 Å². The minimum atomic E-state index is -0.811. The Morgan fingerprint density at radius 1 is 1.14 bits per heavy atom. The third-order valence-corrected chi connectivity index (χ3v) is 4.40. The molecule has 2 aromatic carbocycles. The van der Waals surface area contributed by atoms with Crippen LogP contribution in [0.25, 0.3) is 6.08 Å². The zero-order chi connectivity index (χ0) is 21.0. The first-order chi connectivity index (χ1) is 13.8. The topological polar surface area (TPSA) is 75.7 Å². The van der Waals surface area contributed by atoms with Gasteiger partial charge in [-0.3, -0.25) is 14.4 Å². The first kappa shape index (κ1) is 20.2. The number of ether oxygens (including phenoxy) is 1. The SMILES string of the molecule is CC(=O)N1C=Cc2ccccc2[C@@H]1CC(=O)OCC(=O)Nc1cc(F)ccc1F. The summed E-state index contributed by atoms with van der Waals surface area (Å²) in [7, 11) is 0. The molecule has 0 bridgehead atoms. The molecule has 150 valence electrons. The van der Waals surface area contributed by atoms with E-state index in [2.05, 4.69) is 5.32 Å². The van der Waals surface area contributed by atoms with Gasteiger partial charge in [-0.05, 0) is 29.3 Å². The molecule has 0 aliphatic carbocycles. The molecule has 0 saturated heterocycles. The van der Waals surface area contributed by atoms with Crippen LogP contribution in [-0.4, -0.2) is 29.3 Å². The number of hydrogen-bond acceptors (Lipinski definition) is 4. The van der Waals surface area contributed by atoms with E-state index in [1.165, 1.54) is 11.8 Å². The molecule has 0 aromatic heterocycles. The summed E-state index contributed by atoms with van der Waals surface area (Å²) in [6.45, 7) is 0.719. The Bertz CT molecular complexity index is 990. The summed E-state index contributed by atoms with van der Waals surface area (Å²) >= 11 is 0. The van der Waals surface area contributed by atoms with Gasteiger partial charge in [0.1, 0.15) is 11.6 Å². The predicted octanol–water partition coefficient (Wildman–Crippen LogP) is 3.41. The van der Waals surface area contributed by atoms with Gasteiger partial charge in [-0.25, -0.2) is 8.78 Å². The minimum absolute atomic E-state index is 0.164. The molecule has 1 aliphatic rings. The van der Waals surface area contributed by atoms with Crippen LogP contribution in [0.1, 0.15) is 30.5 Å². The molecule has 1 aliphatic heterocycles. The number of carbonyl (C=O) groups excluding carboxylic acids is 3. The van der Waals surface area contributed by atoms with Crippen LogP contribution in [0.4, 0.5) is 14.5 Å². The second-order valence-corrected chi connectivity index (χ2v) is 6.42. The number of rotatable bonds is 5. The van der Waals surface area contributed by atoms with E-state index in [1.54, 1.807) is 18.3 Å². The van der Waals surface area contributed by atoms with Gasteiger partial charge in [0.2, 0.25) is 5.91 Å². The maximum absolute atomic E-state index is 13.6. The van der Waals surface area contributed by atoms with Gasteiger partial charge >= 0.3 is 5.97 Å². The normalized spacial score (nSPS) is 14.9. The number of amides is 2. The third kappa shape index (κ3) is 4.84. The molecule has 29 heavy (non-hydrogen) atoms. The zero-order valence-electron chi connectivity index (χ0n) is 15.5. The molecule has 0 spiro atoms. The van der Waals surface area contributed by atoms with Gasteiger partial charge in [-0.2, -0.15) is 0 Å². The molecule has 0 saturated carbocycles. The largest absolute Gasteiger partial charge is 0.455 e. The van der Waals surface area contributed by atoms with Crippen LogP contribution in [0.5, 0.6) is 0 Å². The van der Waals surface area contributed by atoms with Crippen molar-refractivity contribution in [2.24, 2.45) is 0 Å². The van der Waals surface area contributed by atoms with Crippen molar-refractivity contribution < 1.29 is 27.9 Å². The Morgan fingerprint density at radius 2 is 1.90 bits per heavy atom. The monoisotopic (exact) mass is 400 g/mol. The number of esters is 1. The summed E-state index contributed by atoms with van der Waals surface area (Å²) in [5.41, 5.74) is 1.32. The van der Waals surface area contributed by atoms with Crippen LogP contribution < -0.4 is 5.32 Å². The van der Waals surface area contributed by atoms with Gasteiger partial charge in [-0.1, -0.05) is 24.3 Å². The van der Waals surface area contributed by atoms with E-state index in [-0.39, 0.29) is 18.0 Å². The number of carbonyl (C=O) groups is 3. The molecule has 6 nitrogen and oxygen atoms in total. The molecule has 0 fully saturated rings. The highest BCUT2D eigenvalue weighted by Gasteiger charge is 2.29. The molecule has 3 rings (SSSR count). The number of nitrogens with one attached hydrogen (secondary N) is 1. The van der Waals surface area contributed by atoms with Crippen molar-refractivity contribution in [1.29, 1.82) is 0 Å². The van der Waals surface area contributed by atoms with Gasteiger partial charge in [0.15, 0.2) is 6.61 Å². The maximum atomic E-state index is 13.6. The standard InChI is InChI=1S/C21H18F2N2O4/c1-13(26)25-9-8-14-4-2-3-5-16(14)19(25)11-21(28)29-12-20(27)24-18-10-15(22)6-7-17(18)23/h2-10,19H,11-12H2,1H3,(H,24,27)/t19-/m0/s1. The summed E-state index contributed by atoms with van der Waals surface area (Å²) < 4.78 is 31.7. The lowest BCUT2D eigenvalue weighted by Crippen LogP contribution is -2.33. The first-order valence-corrected chi connectivity index (χ1v) is 8.81. The minimum Gasteiger partial charge on any atom is -0.455 e. The quantitative estimate of drug-likeness (QED) is 0.781. The highest BCUT2D eigenvalue weighted by Crippen LogP contribution is 2.33.